The first-order valence-electron chi connectivity index (χ1n) is 6.85. The first-order valence-corrected chi connectivity index (χ1v) is 7.67. The molecule has 0 spiro atoms. The molecule has 2 rings (SSSR count). The SMILES string of the molecule is CCc1ccc(Cn2cc(CCCCC(=O)O)nn2)s1. The molecule has 0 aliphatic heterocycles. The lowest BCUT2D eigenvalue weighted by Crippen LogP contribution is -1.98. The topological polar surface area (TPSA) is 68.0 Å². The summed E-state index contributed by atoms with van der Waals surface area (Å²) in [7, 11) is 0. The van der Waals surface area contributed by atoms with Gasteiger partial charge in [0.2, 0.25) is 0 Å². The van der Waals surface area contributed by atoms with Crippen LogP contribution in [0.2, 0.25) is 0 Å². The highest BCUT2D eigenvalue weighted by Gasteiger charge is 2.04. The van der Waals surface area contributed by atoms with Gasteiger partial charge < -0.3 is 5.11 Å². The Morgan fingerprint density at radius 3 is 2.85 bits per heavy atom. The molecule has 0 amide bonds. The Morgan fingerprint density at radius 1 is 1.35 bits per heavy atom. The lowest BCUT2D eigenvalue weighted by Gasteiger charge is -1.96. The lowest BCUT2D eigenvalue weighted by molar-refractivity contribution is -0.137. The van der Waals surface area contributed by atoms with Gasteiger partial charge in [0.05, 0.1) is 12.2 Å². The van der Waals surface area contributed by atoms with Crippen molar-refractivity contribution >= 4 is 17.3 Å². The fraction of sp³-hybridized carbons (Fsp3) is 0.500. The van der Waals surface area contributed by atoms with E-state index in [0.29, 0.717) is 6.42 Å². The van der Waals surface area contributed by atoms with Gasteiger partial charge in [0.25, 0.3) is 0 Å². The van der Waals surface area contributed by atoms with Crippen LogP contribution >= 0.6 is 11.3 Å². The summed E-state index contributed by atoms with van der Waals surface area (Å²) >= 11 is 1.81. The van der Waals surface area contributed by atoms with E-state index in [0.717, 1.165) is 31.5 Å². The van der Waals surface area contributed by atoms with Gasteiger partial charge in [0.15, 0.2) is 0 Å². The van der Waals surface area contributed by atoms with E-state index < -0.39 is 5.97 Å². The van der Waals surface area contributed by atoms with Crippen LogP contribution in [-0.4, -0.2) is 26.1 Å². The van der Waals surface area contributed by atoms with Crippen molar-refractivity contribution in [2.45, 2.75) is 45.6 Å². The third kappa shape index (κ3) is 4.45. The van der Waals surface area contributed by atoms with E-state index in [4.69, 9.17) is 5.11 Å². The summed E-state index contributed by atoms with van der Waals surface area (Å²) < 4.78 is 1.85. The van der Waals surface area contributed by atoms with Crippen LogP contribution in [-0.2, 0) is 24.2 Å². The standard InChI is InChI=1S/C14H19N3O2S/c1-2-12-7-8-13(20-12)10-17-9-11(15-16-17)5-3-4-6-14(18)19/h7-9H,2-6,10H2,1H3,(H,18,19). The van der Waals surface area contributed by atoms with Crippen LogP contribution in [0.5, 0.6) is 0 Å². The number of thiophene rings is 1. The summed E-state index contributed by atoms with van der Waals surface area (Å²) in [5, 5.41) is 16.8. The van der Waals surface area contributed by atoms with Crippen LogP contribution in [0.1, 0.15) is 41.6 Å². The van der Waals surface area contributed by atoms with Gasteiger partial charge in [-0.25, -0.2) is 4.68 Å². The molecule has 0 aromatic carbocycles. The molecule has 1 N–H and O–H groups in total. The first kappa shape index (κ1) is 14.7. The van der Waals surface area contributed by atoms with Gasteiger partial charge in [-0.15, -0.1) is 16.4 Å². The Balaban J connectivity index is 1.81. The Bertz CT molecular complexity index is 562. The molecule has 0 aliphatic rings. The van der Waals surface area contributed by atoms with Crippen molar-refractivity contribution in [3.8, 4) is 0 Å². The van der Waals surface area contributed by atoms with Gasteiger partial charge in [-0.2, -0.15) is 0 Å². The number of nitrogens with zero attached hydrogens (tertiary/aromatic N) is 3. The van der Waals surface area contributed by atoms with Crippen LogP contribution in [0, 0.1) is 0 Å². The van der Waals surface area contributed by atoms with E-state index in [-0.39, 0.29) is 6.42 Å². The largest absolute Gasteiger partial charge is 0.481 e. The Morgan fingerprint density at radius 2 is 2.15 bits per heavy atom. The van der Waals surface area contributed by atoms with E-state index in [2.05, 4.69) is 29.4 Å². The van der Waals surface area contributed by atoms with Crippen LogP contribution < -0.4 is 0 Å². The molecule has 0 saturated carbocycles. The molecule has 5 nitrogen and oxygen atoms in total. The lowest BCUT2D eigenvalue weighted by atomic mass is 10.1. The van der Waals surface area contributed by atoms with Crippen molar-refractivity contribution in [1.29, 1.82) is 0 Å². The minimum absolute atomic E-state index is 0.225. The number of carboxylic acid groups (broad SMARTS) is 1. The Hall–Kier alpha value is -1.69. The zero-order chi connectivity index (χ0) is 14.4. The van der Waals surface area contributed by atoms with E-state index in [1.54, 1.807) is 0 Å². The highest BCUT2D eigenvalue weighted by molar-refractivity contribution is 7.11. The normalized spacial score (nSPS) is 10.8. The molecule has 0 bridgehead atoms. The molecule has 0 aliphatic carbocycles. The average Bonchev–Trinajstić information content (AvgIpc) is 3.04. The molecular weight excluding hydrogens is 274 g/mol. The summed E-state index contributed by atoms with van der Waals surface area (Å²) in [6.07, 6.45) is 5.56. The van der Waals surface area contributed by atoms with Gasteiger partial charge in [-0.1, -0.05) is 12.1 Å². The molecule has 0 saturated heterocycles. The van der Waals surface area contributed by atoms with E-state index in [1.165, 1.54) is 9.75 Å². The van der Waals surface area contributed by atoms with Crippen molar-refractivity contribution < 1.29 is 9.90 Å². The molecule has 0 radical (unpaired) electrons. The number of carboxylic acids is 1. The minimum atomic E-state index is -0.738. The molecule has 2 heterocycles. The van der Waals surface area contributed by atoms with Crippen molar-refractivity contribution in [1.82, 2.24) is 15.0 Å². The predicted molar refractivity (Wildman–Crippen MR) is 78.0 cm³/mol. The summed E-state index contributed by atoms with van der Waals surface area (Å²) in [4.78, 5) is 13.1. The maximum atomic E-state index is 10.4. The number of carbonyl (C=O) groups is 1. The van der Waals surface area contributed by atoms with Crippen molar-refractivity contribution in [3.05, 3.63) is 33.8 Å². The molecule has 6 heteroatoms. The molecular formula is C14H19N3O2S. The third-order valence-electron chi connectivity index (χ3n) is 3.04. The molecule has 0 atom stereocenters. The number of aryl methyl sites for hydroxylation is 2. The maximum absolute atomic E-state index is 10.4. The fourth-order valence-electron chi connectivity index (χ4n) is 1.97. The molecule has 0 fully saturated rings. The summed E-state index contributed by atoms with van der Waals surface area (Å²) in [6.45, 7) is 2.91. The van der Waals surface area contributed by atoms with Crippen molar-refractivity contribution in [3.63, 3.8) is 0 Å². The quantitative estimate of drug-likeness (QED) is 0.760. The Kier molecular flexibility index (Phi) is 5.29. The molecule has 0 unspecified atom stereocenters. The van der Waals surface area contributed by atoms with E-state index >= 15 is 0 Å². The first-order chi connectivity index (χ1) is 9.67. The third-order valence-corrected chi connectivity index (χ3v) is 4.26. The molecule has 20 heavy (non-hydrogen) atoms. The van der Waals surface area contributed by atoms with Crippen molar-refractivity contribution in [2.24, 2.45) is 0 Å². The number of unbranched alkanes of at least 4 members (excludes halogenated alkanes) is 1. The Labute approximate surface area is 122 Å². The maximum Gasteiger partial charge on any atom is 0.303 e. The smallest absolute Gasteiger partial charge is 0.303 e. The molecule has 2 aromatic heterocycles. The number of aliphatic carboxylic acids is 1. The van der Waals surface area contributed by atoms with E-state index in [9.17, 15) is 4.79 Å². The fourth-order valence-corrected chi connectivity index (χ4v) is 2.92. The molecule has 2 aromatic rings. The summed E-state index contributed by atoms with van der Waals surface area (Å²) in [6, 6.07) is 4.29. The highest BCUT2D eigenvalue weighted by Crippen LogP contribution is 2.17. The summed E-state index contributed by atoms with van der Waals surface area (Å²) in [5.41, 5.74) is 0.933. The van der Waals surface area contributed by atoms with E-state index in [1.807, 2.05) is 22.2 Å². The number of rotatable bonds is 8. The zero-order valence-corrected chi connectivity index (χ0v) is 12.4. The van der Waals surface area contributed by atoms with Crippen LogP contribution in [0.25, 0.3) is 0 Å². The van der Waals surface area contributed by atoms with Gasteiger partial charge in [0, 0.05) is 22.4 Å². The number of hydrogen-bond acceptors (Lipinski definition) is 4. The van der Waals surface area contributed by atoms with Crippen LogP contribution in [0.4, 0.5) is 0 Å². The van der Waals surface area contributed by atoms with Crippen LogP contribution in [0.15, 0.2) is 18.3 Å². The number of hydrogen-bond donors (Lipinski definition) is 1. The second-order valence-corrected chi connectivity index (χ2v) is 5.98. The zero-order valence-electron chi connectivity index (χ0n) is 11.6. The van der Waals surface area contributed by atoms with Gasteiger partial charge >= 0.3 is 5.97 Å². The monoisotopic (exact) mass is 293 g/mol. The van der Waals surface area contributed by atoms with Gasteiger partial charge in [-0.05, 0) is 37.8 Å². The predicted octanol–water partition coefficient (Wildman–Crippen LogP) is 2.75. The van der Waals surface area contributed by atoms with Gasteiger partial charge in [-0.3, -0.25) is 4.79 Å². The number of aromatic nitrogens is 3. The highest BCUT2D eigenvalue weighted by atomic mass is 32.1. The molecule has 108 valence electrons. The van der Waals surface area contributed by atoms with Gasteiger partial charge in [0.1, 0.15) is 0 Å². The average molecular weight is 293 g/mol. The van der Waals surface area contributed by atoms with Crippen LogP contribution in [0.3, 0.4) is 0 Å². The minimum Gasteiger partial charge on any atom is -0.481 e. The second kappa shape index (κ2) is 7.19. The second-order valence-electron chi connectivity index (χ2n) is 4.73. The van der Waals surface area contributed by atoms with Crippen molar-refractivity contribution in [2.75, 3.05) is 0 Å². The summed E-state index contributed by atoms with van der Waals surface area (Å²) in [5.74, 6) is -0.738.